The van der Waals surface area contributed by atoms with E-state index < -0.39 is 0 Å². The van der Waals surface area contributed by atoms with E-state index in [0.29, 0.717) is 12.3 Å². The Morgan fingerprint density at radius 3 is 2.94 bits per heavy atom. The van der Waals surface area contributed by atoms with Crippen LogP contribution in [0, 0.1) is 5.92 Å². The van der Waals surface area contributed by atoms with E-state index in [2.05, 4.69) is 24.1 Å². The Kier molecular flexibility index (Phi) is 5.54. The van der Waals surface area contributed by atoms with E-state index in [1.54, 1.807) is 12.4 Å². The van der Waals surface area contributed by atoms with E-state index in [9.17, 15) is 4.79 Å². The van der Waals surface area contributed by atoms with Crippen LogP contribution in [0.15, 0.2) is 24.5 Å². The van der Waals surface area contributed by atoms with Gasteiger partial charge in [0.15, 0.2) is 0 Å². The largest absolute Gasteiger partial charge is 0.356 e. The van der Waals surface area contributed by atoms with Crippen LogP contribution in [0.3, 0.4) is 0 Å². The lowest BCUT2D eigenvalue weighted by molar-refractivity contribution is -0.121. The average Bonchev–Trinajstić information content (AvgIpc) is 2.27. The highest BCUT2D eigenvalue weighted by molar-refractivity contribution is 5.76. The Labute approximate surface area is 97.3 Å². The number of amides is 1. The molecule has 1 aromatic heterocycles. The monoisotopic (exact) mass is 220 g/mol. The first-order chi connectivity index (χ1) is 7.68. The predicted molar refractivity (Wildman–Crippen MR) is 65.0 cm³/mol. The Morgan fingerprint density at radius 2 is 2.31 bits per heavy atom. The molecule has 0 spiro atoms. The lowest BCUT2D eigenvalue weighted by atomic mass is 10.1. The van der Waals surface area contributed by atoms with Crippen molar-refractivity contribution in [3.05, 3.63) is 30.1 Å². The summed E-state index contributed by atoms with van der Waals surface area (Å²) < 4.78 is 0. The molecule has 0 radical (unpaired) electrons. The van der Waals surface area contributed by atoms with Crippen LogP contribution >= 0.6 is 0 Å². The molecule has 1 aromatic rings. The quantitative estimate of drug-likeness (QED) is 0.798. The van der Waals surface area contributed by atoms with Gasteiger partial charge >= 0.3 is 0 Å². The number of aromatic nitrogens is 1. The molecule has 0 aliphatic carbocycles. The van der Waals surface area contributed by atoms with Gasteiger partial charge in [-0.3, -0.25) is 9.78 Å². The fourth-order valence-electron chi connectivity index (χ4n) is 1.39. The summed E-state index contributed by atoms with van der Waals surface area (Å²) in [5, 5.41) is 2.92. The average molecular weight is 220 g/mol. The molecule has 1 amide bonds. The van der Waals surface area contributed by atoms with Gasteiger partial charge < -0.3 is 5.32 Å². The number of carbonyl (C=O) groups is 1. The van der Waals surface area contributed by atoms with Crippen molar-refractivity contribution in [1.29, 1.82) is 0 Å². The number of hydrogen-bond donors (Lipinski definition) is 1. The Balaban J connectivity index is 2.16. The fourth-order valence-corrected chi connectivity index (χ4v) is 1.39. The molecular formula is C13H20N2O. The SMILES string of the molecule is CC(C)CCNC(=O)CCc1cccnc1. The summed E-state index contributed by atoms with van der Waals surface area (Å²) in [7, 11) is 0. The molecule has 88 valence electrons. The van der Waals surface area contributed by atoms with Gasteiger partial charge in [-0.1, -0.05) is 19.9 Å². The third-order valence-electron chi connectivity index (χ3n) is 2.41. The van der Waals surface area contributed by atoms with E-state index in [4.69, 9.17) is 0 Å². The molecule has 1 N–H and O–H groups in total. The zero-order valence-electron chi connectivity index (χ0n) is 10.1. The molecule has 3 heteroatoms. The molecule has 1 heterocycles. The number of rotatable bonds is 6. The molecule has 0 saturated heterocycles. The molecule has 0 aliphatic rings. The van der Waals surface area contributed by atoms with Crippen LogP contribution in [0.1, 0.15) is 32.3 Å². The summed E-state index contributed by atoms with van der Waals surface area (Å²) in [6, 6.07) is 3.89. The van der Waals surface area contributed by atoms with Crippen molar-refractivity contribution in [2.24, 2.45) is 5.92 Å². The minimum absolute atomic E-state index is 0.129. The zero-order valence-corrected chi connectivity index (χ0v) is 10.1. The molecule has 1 rings (SSSR count). The minimum Gasteiger partial charge on any atom is -0.356 e. The number of nitrogens with one attached hydrogen (secondary N) is 1. The van der Waals surface area contributed by atoms with Crippen LogP contribution in [-0.4, -0.2) is 17.4 Å². The van der Waals surface area contributed by atoms with Crippen LogP contribution < -0.4 is 5.32 Å². The summed E-state index contributed by atoms with van der Waals surface area (Å²) in [6.45, 7) is 5.09. The lowest BCUT2D eigenvalue weighted by Crippen LogP contribution is -2.25. The number of carbonyl (C=O) groups excluding carboxylic acids is 1. The standard InChI is InChI=1S/C13H20N2O/c1-11(2)7-9-15-13(16)6-5-12-4-3-8-14-10-12/h3-4,8,10-11H,5-7,9H2,1-2H3,(H,15,16). The van der Waals surface area contributed by atoms with E-state index in [1.165, 1.54) is 0 Å². The molecular weight excluding hydrogens is 200 g/mol. The van der Waals surface area contributed by atoms with Gasteiger partial charge in [0.25, 0.3) is 0 Å². The maximum atomic E-state index is 11.5. The van der Waals surface area contributed by atoms with Crippen molar-refractivity contribution in [1.82, 2.24) is 10.3 Å². The van der Waals surface area contributed by atoms with Crippen LogP contribution in [0.2, 0.25) is 0 Å². The van der Waals surface area contributed by atoms with Crippen molar-refractivity contribution in [3.8, 4) is 0 Å². The lowest BCUT2D eigenvalue weighted by Gasteiger charge is -2.06. The van der Waals surface area contributed by atoms with Crippen molar-refractivity contribution in [2.75, 3.05) is 6.54 Å². The second kappa shape index (κ2) is 6.99. The number of hydrogen-bond acceptors (Lipinski definition) is 2. The molecule has 0 fully saturated rings. The normalized spacial score (nSPS) is 10.4. The molecule has 0 aliphatic heterocycles. The minimum atomic E-state index is 0.129. The number of nitrogens with zero attached hydrogens (tertiary/aromatic N) is 1. The number of pyridine rings is 1. The first-order valence-electron chi connectivity index (χ1n) is 5.84. The van der Waals surface area contributed by atoms with Gasteiger partial charge in [-0.2, -0.15) is 0 Å². The second-order valence-corrected chi connectivity index (χ2v) is 4.39. The highest BCUT2D eigenvalue weighted by atomic mass is 16.1. The summed E-state index contributed by atoms with van der Waals surface area (Å²) in [6.07, 6.45) is 5.90. The Bertz CT molecular complexity index is 309. The third-order valence-corrected chi connectivity index (χ3v) is 2.41. The summed E-state index contributed by atoms with van der Waals surface area (Å²) in [5.41, 5.74) is 1.11. The van der Waals surface area contributed by atoms with E-state index in [-0.39, 0.29) is 5.91 Å². The maximum Gasteiger partial charge on any atom is 0.220 e. The third kappa shape index (κ3) is 5.49. The van der Waals surface area contributed by atoms with Gasteiger partial charge in [0.05, 0.1) is 0 Å². The fraction of sp³-hybridized carbons (Fsp3) is 0.538. The highest BCUT2D eigenvalue weighted by Gasteiger charge is 2.02. The molecule has 0 bridgehead atoms. The van der Waals surface area contributed by atoms with Gasteiger partial charge in [0.2, 0.25) is 5.91 Å². The van der Waals surface area contributed by atoms with Gasteiger partial charge in [0.1, 0.15) is 0 Å². The topological polar surface area (TPSA) is 42.0 Å². The van der Waals surface area contributed by atoms with Gasteiger partial charge in [-0.05, 0) is 30.4 Å². The van der Waals surface area contributed by atoms with Gasteiger partial charge in [-0.25, -0.2) is 0 Å². The van der Waals surface area contributed by atoms with Crippen LogP contribution in [0.25, 0.3) is 0 Å². The first-order valence-corrected chi connectivity index (χ1v) is 5.84. The zero-order chi connectivity index (χ0) is 11.8. The van der Waals surface area contributed by atoms with Crippen molar-refractivity contribution >= 4 is 5.91 Å². The first kappa shape index (κ1) is 12.7. The van der Waals surface area contributed by atoms with Crippen LogP contribution in [-0.2, 0) is 11.2 Å². The van der Waals surface area contributed by atoms with Crippen LogP contribution in [0.4, 0.5) is 0 Å². The molecule has 3 nitrogen and oxygen atoms in total. The molecule has 0 atom stereocenters. The second-order valence-electron chi connectivity index (χ2n) is 4.39. The molecule has 16 heavy (non-hydrogen) atoms. The summed E-state index contributed by atoms with van der Waals surface area (Å²) in [4.78, 5) is 15.5. The van der Waals surface area contributed by atoms with Crippen molar-refractivity contribution < 1.29 is 4.79 Å². The maximum absolute atomic E-state index is 11.5. The Hall–Kier alpha value is -1.38. The summed E-state index contributed by atoms with van der Waals surface area (Å²) in [5.74, 6) is 0.767. The predicted octanol–water partition coefficient (Wildman–Crippen LogP) is 2.18. The Morgan fingerprint density at radius 1 is 1.50 bits per heavy atom. The van der Waals surface area contributed by atoms with Gasteiger partial charge in [-0.15, -0.1) is 0 Å². The van der Waals surface area contributed by atoms with E-state index in [0.717, 1.165) is 24.9 Å². The number of aryl methyl sites for hydroxylation is 1. The molecule has 0 saturated carbocycles. The molecule has 0 aromatic carbocycles. The van der Waals surface area contributed by atoms with Crippen molar-refractivity contribution in [2.45, 2.75) is 33.1 Å². The molecule has 0 unspecified atom stereocenters. The highest BCUT2D eigenvalue weighted by Crippen LogP contribution is 2.01. The van der Waals surface area contributed by atoms with Gasteiger partial charge in [0, 0.05) is 25.4 Å². The smallest absolute Gasteiger partial charge is 0.220 e. The van der Waals surface area contributed by atoms with E-state index >= 15 is 0 Å². The summed E-state index contributed by atoms with van der Waals surface area (Å²) >= 11 is 0. The van der Waals surface area contributed by atoms with E-state index in [1.807, 2.05) is 12.1 Å². The van der Waals surface area contributed by atoms with Crippen molar-refractivity contribution in [3.63, 3.8) is 0 Å². The van der Waals surface area contributed by atoms with Crippen LogP contribution in [0.5, 0.6) is 0 Å².